The fraction of sp³-hybridized carbons (Fsp3) is 0.200. The minimum atomic E-state index is -0.0620. The van der Waals surface area contributed by atoms with Gasteiger partial charge in [0.2, 0.25) is 0 Å². The summed E-state index contributed by atoms with van der Waals surface area (Å²) in [6.45, 7) is 0. The van der Waals surface area contributed by atoms with Gasteiger partial charge in [0.05, 0.1) is 12.1 Å². The largest absolute Gasteiger partial charge is 0.292 e. The van der Waals surface area contributed by atoms with Gasteiger partial charge in [-0.05, 0) is 28.1 Å². The minimum absolute atomic E-state index is 0.0620. The summed E-state index contributed by atoms with van der Waals surface area (Å²) < 4.78 is 2.42. The second kappa shape index (κ2) is 4.52. The van der Waals surface area contributed by atoms with Gasteiger partial charge < -0.3 is 0 Å². The van der Waals surface area contributed by atoms with E-state index in [0.717, 1.165) is 4.47 Å². The topological polar surface area (TPSA) is 60.7 Å². The number of ketones is 1. The van der Waals surface area contributed by atoms with Crippen molar-refractivity contribution in [2.24, 2.45) is 7.05 Å². The molecule has 0 fully saturated rings. The van der Waals surface area contributed by atoms with Crippen molar-refractivity contribution in [2.45, 2.75) is 6.42 Å². The van der Waals surface area contributed by atoms with Crippen molar-refractivity contribution in [3.8, 4) is 0 Å². The number of hydrogen-bond donors (Lipinski definition) is 0. The number of hydrogen-bond acceptors (Lipinski definition) is 4. The predicted octanol–water partition coefficient (Wildman–Crippen LogP) is 1.40. The third kappa shape index (κ3) is 2.52. The van der Waals surface area contributed by atoms with Crippen LogP contribution >= 0.6 is 15.9 Å². The zero-order valence-corrected chi connectivity index (χ0v) is 10.2. The fourth-order valence-corrected chi connectivity index (χ4v) is 1.51. The van der Waals surface area contributed by atoms with E-state index >= 15 is 0 Å². The van der Waals surface area contributed by atoms with Crippen molar-refractivity contribution < 1.29 is 4.79 Å². The van der Waals surface area contributed by atoms with E-state index in [9.17, 15) is 4.79 Å². The third-order valence-electron chi connectivity index (χ3n) is 2.00. The second-order valence-corrected chi connectivity index (χ2v) is 4.26. The van der Waals surface area contributed by atoms with Crippen molar-refractivity contribution >= 4 is 21.7 Å². The molecule has 16 heavy (non-hydrogen) atoms. The highest BCUT2D eigenvalue weighted by molar-refractivity contribution is 9.10. The number of carbonyl (C=O) groups is 1. The first-order valence-corrected chi connectivity index (χ1v) is 5.44. The standard InChI is InChI=1S/C10H9BrN4O/c1-15-6-8(13-14-15)4-10(16)9-3-2-7(11)5-12-9/h2-3,5-6H,4H2,1H3. The lowest BCUT2D eigenvalue weighted by molar-refractivity contribution is 0.0987. The van der Waals surface area contributed by atoms with Crippen molar-refractivity contribution in [3.63, 3.8) is 0 Å². The maximum absolute atomic E-state index is 11.8. The van der Waals surface area contributed by atoms with Crippen molar-refractivity contribution in [1.82, 2.24) is 20.0 Å². The number of halogens is 1. The maximum atomic E-state index is 11.8. The molecule has 82 valence electrons. The van der Waals surface area contributed by atoms with Gasteiger partial charge in [0, 0.05) is 23.9 Å². The van der Waals surface area contributed by atoms with Crippen LogP contribution in [0.25, 0.3) is 0 Å². The minimum Gasteiger partial charge on any atom is -0.292 e. The summed E-state index contributed by atoms with van der Waals surface area (Å²) in [5.41, 5.74) is 1.09. The quantitative estimate of drug-likeness (QED) is 0.798. The highest BCUT2D eigenvalue weighted by Gasteiger charge is 2.10. The third-order valence-corrected chi connectivity index (χ3v) is 2.47. The fourth-order valence-electron chi connectivity index (χ4n) is 1.27. The van der Waals surface area contributed by atoms with Crippen LogP contribution in [0, 0.1) is 0 Å². The van der Waals surface area contributed by atoms with Gasteiger partial charge in [0.15, 0.2) is 5.78 Å². The van der Waals surface area contributed by atoms with E-state index in [1.807, 2.05) is 0 Å². The molecule has 0 spiro atoms. The number of carbonyl (C=O) groups excluding carboxylic acids is 1. The van der Waals surface area contributed by atoms with Gasteiger partial charge in [0.1, 0.15) is 5.69 Å². The Morgan fingerprint density at radius 1 is 1.50 bits per heavy atom. The van der Waals surface area contributed by atoms with Gasteiger partial charge in [-0.3, -0.25) is 14.5 Å². The lowest BCUT2D eigenvalue weighted by Crippen LogP contribution is -2.05. The molecule has 6 heteroatoms. The molecule has 0 aliphatic carbocycles. The molecule has 2 rings (SSSR count). The molecule has 0 bridgehead atoms. The molecule has 0 N–H and O–H groups in total. The Morgan fingerprint density at radius 3 is 2.88 bits per heavy atom. The summed E-state index contributed by atoms with van der Waals surface area (Å²) >= 11 is 3.27. The number of Topliss-reactive ketones (excluding diaryl/α,β-unsaturated/α-hetero) is 1. The van der Waals surface area contributed by atoms with Crippen LogP contribution in [0.15, 0.2) is 29.0 Å². The summed E-state index contributed by atoms with van der Waals surface area (Å²) in [6, 6.07) is 3.47. The van der Waals surface area contributed by atoms with Crippen LogP contribution in [0.5, 0.6) is 0 Å². The summed E-state index contributed by atoms with van der Waals surface area (Å²) in [5.74, 6) is -0.0620. The van der Waals surface area contributed by atoms with Gasteiger partial charge in [-0.1, -0.05) is 5.21 Å². The Morgan fingerprint density at radius 2 is 2.31 bits per heavy atom. The maximum Gasteiger partial charge on any atom is 0.187 e. The first-order chi connectivity index (χ1) is 7.65. The molecular formula is C10H9BrN4O. The number of rotatable bonds is 3. The zero-order valence-electron chi connectivity index (χ0n) is 8.59. The highest BCUT2D eigenvalue weighted by Crippen LogP contribution is 2.09. The smallest absolute Gasteiger partial charge is 0.187 e. The zero-order chi connectivity index (χ0) is 11.5. The number of pyridine rings is 1. The Kier molecular flexibility index (Phi) is 3.09. The lowest BCUT2D eigenvalue weighted by atomic mass is 10.1. The lowest BCUT2D eigenvalue weighted by Gasteiger charge is -1.97. The van der Waals surface area contributed by atoms with Crippen LogP contribution in [0.2, 0.25) is 0 Å². The normalized spacial score (nSPS) is 10.4. The molecule has 0 amide bonds. The molecule has 0 atom stereocenters. The molecule has 0 aromatic carbocycles. The molecule has 5 nitrogen and oxygen atoms in total. The average molecular weight is 281 g/mol. The Bertz CT molecular complexity index is 506. The van der Waals surface area contributed by atoms with Crippen molar-refractivity contribution in [1.29, 1.82) is 0 Å². The molecule has 0 radical (unpaired) electrons. The van der Waals surface area contributed by atoms with Crippen LogP contribution in [-0.4, -0.2) is 25.8 Å². The molecule has 2 aromatic heterocycles. The Labute approximate surface area is 101 Å². The predicted molar refractivity (Wildman–Crippen MR) is 61.0 cm³/mol. The van der Waals surface area contributed by atoms with Crippen LogP contribution in [-0.2, 0) is 13.5 Å². The van der Waals surface area contributed by atoms with Crippen LogP contribution < -0.4 is 0 Å². The molecule has 2 aromatic rings. The van der Waals surface area contributed by atoms with E-state index in [0.29, 0.717) is 11.4 Å². The molecular weight excluding hydrogens is 272 g/mol. The van der Waals surface area contributed by atoms with Crippen LogP contribution in [0.1, 0.15) is 16.2 Å². The SMILES string of the molecule is Cn1cc(CC(=O)c2ccc(Br)cn2)nn1. The first kappa shape index (κ1) is 10.9. The van der Waals surface area contributed by atoms with Gasteiger partial charge in [-0.2, -0.15) is 0 Å². The molecule has 0 saturated carbocycles. The summed E-state index contributed by atoms with van der Waals surface area (Å²) in [7, 11) is 1.76. The van der Waals surface area contributed by atoms with Gasteiger partial charge in [0.25, 0.3) is 0 Å². The van der Waals surface area contributed by atoms with E-state index in [2.05, 4.69) is 31.2 Å². The van der Waals surface area contributed by atoms with Gasteiger partial charge >= 0.3 is 0 Å². The van der Waals surface area contributed by atoms with E-state index in [-0.39, 0.29) is 12.2 Å². The van der Waals surface area contributed by atoms with Crippen LogP contribution in [0.4, 0.5) is 0 Å². The first-order valence-electron chi connectivity index (χ1n) is 4.65. The molecule has 0 saturated heterocycles. The van der Waals surface area contributed by atoms with Crippen molar-refractivity contribution in [3.05, 3.63) is 40.4 Å². The average Bonchev–Trinajstić information content (AvgIpc) is 2.65. The summed E-state index contributed by atoms with van der Waals surface area (Å²) in [6.07, 6.45) is 3.54. The number of aryl methyl sites for hydroxylation is 1. The van der Waals surface area contributed by atoms with E-state index < -0.39 is 0 Å². The Hall–Kier alpha value is -1.56. The number of aromatic nitrogens is 4. The van der Waals surface area contributed by atoms with E-state index in [4.69, 9.17) is 0 Å². The molecule has 2 heterocycles. The summed E-state index contributed by atoms with van der Waals surface area (Å²) in [5, 5.41) is 7.62. The Balaban J connectivity index is 2.11. The number of nitrogens with zero attached hydrogens (tertiary/aromatic N) is 4. The summed E-state index contributed by atoms with van der Waals surface area (Å²) in [4.78, 5) is 15.8. The highest BCUT2D eigenvalue weighted by atomic mass is 79.9. The molecule has 0 unspecified atom stereocenters. The van der Waals surface area contributed by atoms with E-state index in [1.54, 1.807) is 36.3 Å². The monoisotopic (exact) mass is 280 g/mol. The van der Waals surface area contributed by atoms with Crippen molar-refractivity contribution in [2.75, 3.05) is 0 Å². The van der Waals surface area contributed by atoms with Crippen LogP contribution in [0.3, 0.4) is 0 Å². The second-order valence-electron chi connectivity index (χ2n) is 3.35. The van der Waals surface area contributed by atoms with Gasteiger partial charge in [-0.15, -0.1) is 5.10 Å². The van der Waals surface area contributed by atoms with E-state index in [1.165, 1.54) is 0 Å². The van der Waals surface area contributed by atoms with Gasteiger partial charge in [-0.25, -0.2) is 0 Å². The molecule has 0 aliphatic rings. The molecule has 0 aliphatic heterocycles.